The lowest BCUT2D eigenvalue weighted by molar-refractivity contribution is 0.0245. The van der Waals surface area contributed by atoms with Gasteiger partial charge in [0.25, 0.3) is 6.01 Å². The quantitative estimate of drug-likeness (QED) is 0.815. The van der Waals surface area contributed by atoms with Gasteiger partial charge in [0.1, 0.15) is 5.52 Å². The SMILES string of the molecule is Nc1ccc2nc(NCC3CCCCO3)oc2c1. The molecule has 1 unspecified atom stereocenters. The summed E-state index contributed by atoms with van der Waals surface area (Å²) in [6.45, 7) is 1.60. The van der Waals surface area contributed by atoms with Crippen molar-refractivity contribution in [2.45, 2.75) is 25.4 Å². The van der Waals surface area contributed by atoms with Gasteiger partial charge >= 0.3 is 0 Å². The summed E-state index contributed by atoms with van der Waals surface area (Å²) in [4.78, 5) is 4.35. The second kappa shape index (κ2) is 4.86. The van der Waals surface area contributed by atoms with E-state index < -0.39 is 0 Å². The molecule has 1 aliphatic heterocycles. The number of oxazole rings is 1. The van der Waals surface area contributed by atoms with Crippen LogP contribution in [0, 0.1) is 0 Å². The van der Waals surface area contributed by atoms with Crippen LogP contribution in [0.2, 0.25) is 0 Å². The summed E-state index contributed by atoms with van der Waals surface area (Å²) in [6, 6.07) is 5.99. The lowest BCUT2D eigenvalue weighted by Crippen LogP contribution is -2.27. The first-order valence-corrected chi connectivity index (χ1v) is 6.33. The van der Waals surface area contributed by atoms with E-state index in [0.29, 0.717) is 17.3 Å². The number of nitrogen functional groups attached to an aromatic ring is 1. The van der Waals surface area contributed by atoms with Crippen LogP contribution in [0.1, 0.15) is 19.3 Å². The van der Waals surface area contributed by atoms with Crippen LogP contribution in [0.25, 0.3) is 11.1 Å². The Kier molecular flexibility index (Phi) is 3.06. The normalized spacial score (nSPS) is 20.1. The fourth-order valence-corrected chi connectivity index (χ4v) is 2.19. The van der Waals surface area contributed by atoms with Crippen LogP contribution < -0.4 is 11.1 Å². The molecule has 1 aromatic carbocycles. The van der Waals surface area contributed by atoms with Crippen LogP contribution in [-0.4, -0.2) is 24.2 Å². The van der Waals surface area contributed by atoms with Crippen molar-refractivity contribution in [1.29, 1.82) is 0 Å². The number of ether oxygens (including phenoxy) is 1. The van der Waals surface area contributed by atoms with Crippen LogP contribution in [0.3, 0.4) is 0 Å². The van der Waals surface area contributed by atoms with Gasteiger partial charge in [0.2, 0.25) is 0 Å². The second-order valence-corrected chi connectivity index (χ2v) is 4.62. The van der Waals surface area contributed by atoms with Crippen molar-refractivity contribution < 1.29 is 9.15 Å². The van der Waals surface area contributed by atoms with E-state index in [0.717, 1.165) is 25.1 Å². The number of hydrogen-bond acceptors (Lipinski definition) is 5. The average molecular weight is 247 g/mol. The Morgan fingerprint density at radius 1 is 1.39 bits per heavy atom. The highest BCUT2D eigenvalue weighted by Gasteiger charge is 2.14. The van der Waals surface area contributed by atoms with E-state index in [1.54, 1.807) is 6.07 Å². The summed E-state index contributed by atoms with van der Waals surface area (Å²) < 4.78 is 11.2. The van der Waals surface area contributed by atoms with Crippen molar-refractivity contribution in [1.82, 2.24) is 4.98 Å². The number of nitrogens with one attached hydrogen (secondary N) is 1. The number of benzene rings is 1. The first kappa shape index (κ1) is 11.3. The molecule has 18 heavy (non-hydrogen) atoms. The van der Waals surface area contributed by atoms with Crippen molar-refractivity contribution in [3.63, 3.8) is 0 Å². The fraction of sp³-hybridized carbons (Fsp3) is 0.462. The van der Waals surface area contributed by atoms with E-state index in [4.69, 9.17) is 14.9 Å². The number of anilines is 2. The summed E-state index contributed by atoms with van der Waals surface area (Å²) >= 11 is 0. The Labute approximate surface area is 105 Å². The zero-order valence-electron chi connectivity index (χ0n) is 10.2. The van der Waals surface area contributed by atoms with Gasteiger partial charge in [-0.3, -0.25) is 0 Å². The maximum Gasteiger partial charge on any atom is 0.295 e. The number of nitrogens with two attached hydrogens (primary N) is 1. The minimum Gasteiger partial charge on any atom is -0.423 e. The molecule has 3 rings (SSSR count). The molecule has 1 fully saturated rings. The van der Waals surface area contributed by atoms with Gasteiger partial charge in [-0.15, -0.1) is 0 Å². The smallest absolute Gasteiger partial charge is 0.295 e. The van der Waals surface area contributed by atoms with Gasteiger partial charge in [0, 0.05) is 24.9 Å². The van der Waals surface area contributed by atoms with E-state index in [2.05, 4.69) is 10.3 Å². The molecule has 0 saturated carbocycles. The Hall–Kier alpha value is -1.75. The molecule has 1 saturated heterocycles. The predicted octanol–water partition coefficient (Wildman–Crippen LogP) is 2.39. The van der Waals surface area contributed by atoms with Gasteiger partial charge in [-0.2, -0.15) is 4.98 Å². The van der Waals surface area contributed by atoms with E-state index in [1.165, 1.54) is 12.8 Å². The average Bonchev–Trinajstić information content (AvgIpc) is 2.79. The summed E-state index contributed by atoms with van der Waals surface area (Å²) in [5.41, 5.74) is 7.90. The van der Waals surface area contributed by atoms with Gasteiger partial charge in [-0.05, 0) is 31.4 Å². The van der Waals surface area contributed by atoms with Crippen molar-refractivity contribution >= 4 is 22.8 Å². The third-order valence-electron chi connectivity index (χ3n) is 3.17. The first-order valence-electron chi connectivity index (χ1n) is 6.33. The highest BCUT2D eigenvalue weighted by atomic mass is 16.5. The van der Waals surface area contributed by atoms with Gasteiger partial charge in [0.15, 0.2) is 5.58 Å². The van der Waals surface area contributed by atoms with Gasteiger partial charge < -0.3 is 20.2 Å². The number of fused-ring (bicyclic) bond motifs is 1. The molecule has 5 nitrogen and oxygen atoms in total. The Morgan fingerprint density at radius 3 is 3.17 bits per heavy atom. The van der Waals surface area contributed by atoms with Crippen molar-refractivity contribution in [2.75, 3.05) is 24.2 Å². The minimum atomic E-state index is 0.263. The summed E-state index contributed by atoms with van der Waals surface area (Å²) in [5.74, 6) is 0. The van der Waals surface area contributed by atoms with E-state index in [1.807, 2.05) is 12.1 Å². The lowest BCUT2D eigenvalue weighted by atomic mass is 10.1. The zero-order valence-corrected chi connectivity index (χ0v) is 10.2. The molecule has 3 N–H and O–H groups in total. The topological polar surface area (TPSA) is 73.3 Å². The van der Waals surface area contributed by atoms with Crippen LogP contribution in [0.5, 0.6) is 0 Å². The Morgan fingerprint density at radius 2 is 2.33 bits per heavy atom. The van der Waals surface area contributed by atoms with Crippen LogP contribution >= 0.6 is 0 Å². The molecule has 1 atom stereocenters. The highest BCUT2D eigenvalue weighted by molar-refractivity contribution is 5.78. The predicted molar refractivity (Wildman–Crippen MR) is 70.5 cm³/mol. The van der Waals surface area contributed by atoms with E-state index in [9.17, 15) is 0 Å². The molecule has 2 heterocycles. The standard InChI is InChI=1S/C13H17N3O2/c14-9-4-5-11-12(7-9)18-13(16-11)15-8-10-3-1-2-6-17-10/h4-5,7,10H,1-3,6,8,14H2,(H,15,16). The maximum absolute atomic E-state index is 5.70. The van der Waals surface area contributed by atoms with Gasteiger partial charge in [-0.1, -0.05) is 0 Å². The van der Waals surface area contributed by atoms with Crippen molar-refractivity contribution in [3.05, 3.63) is 18.2 Å². The molecule has 96 valence electrons. The number of nitrogens with zero attached hydrogens (tertiary/aromatic N) is 1. The van der Waals surface area contributed by atoms with E-state index in [-0.39, 0.29) is 6.10 Å². The Balaban J connectivity index is 1.67. The molecule has 1 aliphatic rings. The van der Waals surface area contributed by atoms with Crippen LogP contribution in [-0.2, 0) is 4.74 Å². The second-order valence-electron chi connectivity index (χ2n) is 4.62. The largest absolute Gasteiger partial charge is 0.423 e. The molecule has 2 aromatic rings. The third kappa shape index (κ3) is 2.41. The van der Waals surface area contributed by atoms with Crippen molar-refractivity contribution in [3.8, 4) is 0 Å². The minimum absolute atomic E-state index is 0.263. The molecular formula is C13H17N3O2. The monoisotopic (exact) mass is 247 g/mol. The van der Waals surface area contributed by atoms with Crippen LogP contribution in [0.4, 0.5) is 11.7 Å². The molecule has 1 aromatic heterocycles. The molecule has 0 radical (unpaired) electrons. The summed E-state index contributed by atoms with van der Waals surface area (Å²) in [6.07, 6.45) is 3.76. The molecule has 0 amide bonds. The molecule has 0 spiro atoms. The number of hydrogen-bond donors (Lipinski definition) is 2. The molecule has 0 aliphatic carbocycles. The zero-order chi connectivity index (χ0) is 12.4. The van der Waals surface area contributed by atoms with E-state index >= 15 is 0 Å². The maximum atomic E-state index is 5.70. The Bertz CT molecular complexity index is 532. The highest BCUT2D eigenvalue weighted by Crippen LogP contribution is 2.21. The van der Waals surface area contributed by atoms with Crippen molar-refractivity contribution in [2.24, 2.45) is 0 Å². The molecular weight excluding hydrogens is 230 g/mol. The fourth-order valence-electron chi connectivity index (χ4n) is 2.19. The first-order chi connectivity index (χ1) is 8.81. The van der Waals surface area contributed by atoms with Crippen LogP contribution in [0.15, 0.2) is 22.6 Å². The molecule has 0 bridgehead atoms. The summed E-state index contributed by atoms with van der Waals surface area (Å²) in [5, 5.41) is 3.18. The number of aromatic nitrogens is 1. The van der Waals surface area contributed by atoms with Gasteiger partial charge in [-0.25, -0.2) is 0 Å². The molecule has 5 heteroatoms. The van der Waals surface area contributed by atoms with Gasteiger partial charge in [0.05, 0.1) is 6.10 Å². The third-order valence-corrected chi connectivity index (χ3v) is 3.17. The lowest BCUT2D eigenvalue weighted by Gasteiger charge is -2.22. The number of rotatable bonds is 3. The summed E-state index contributed by atoms with van der Waals surface area (Å²) in [7, 11) is 0.